The van der Waals surface area contributed by atoms with E-state index in [1.54, 1.807) is 11.0 Å². The van der Waals surface area contributed by atoms with Gasteiger partial charge in [-0.05, 0) is 59.8 Å². The van der Waals surface area contributed by atoms with Gasteiger partial charge in [0.15, 0.2) is 0 Å². The number of nitrogens with one attached hydrogen (secondary N) is 1. The van der Waals surface area contributed by atoms with Crippen LogP contribution in [0.2, 0.25) is 0 Å². The number of hydrogen-bond acceptors (Lipinski definition) is 2. The second kappa shape index (κ2) is 6.93. The summed E-state index contributed by atoms with van der Waals surface area (Å²) in [5, 5.41) is 11.8. The van der Waals surface area contributed by atoms with Gasteiger partial charge in [-0.25, -0.2) is 9.59 Å². The van der Waals surface area contributed by atoms with E-state index in [-0.39, 0.29) is 11.6 Å². The van der Waals surface area contributed by atoms with E-state index in [4.69, 9.17) is 5.11 Å². The van der Waals surface area contributed by atoms with Crippen molar-refractivity contribution < 1.29 is 14.7 Å². The first-order valence-corrected chi connectivity index (χ1v) is 7.89. The number of benzene rings is 1. The van der Waals surface area contributed by atoms with E-state index < -0.39 is 5.97 Å². The van der Waals surface area contributed by atoms with Crippen LogP contribution in [-0.2, 0) is 0 Å². The predicted octanol–water partition coefficient (Wildman–Crippen LogP) is 3.80. The van der Waals surface area contributed by atoms with Gasteiger partial charge >= 0.3 is 12.0 Å². The summed E-state index contributed by atoms with van der Waals surface area (Å²) >= 11 is 3.29. The van der Waals surface area contributed by atoms with Crippen LogP contribution in [0.5, 0.6) is 0 Å². The smallest absolute Gasteiger partial charge is 0.335 e. The summed E-state index contributed by atoms with van der Waals surface area (Å²) in [5.74, 6) is -0.373. The van der Waals surface area contributed by atoms with E-state index in [1.165, 1.54) is 31.4 Å². The lowest BCUT2D eigenvalue weighted by atomic mass is 9.85. The van der Waals surface area contributed by atoms with Crippen molar-refractivity contribution >= 4 is 33.6 Å². The Hall–Kier alpha value is -1.56. The maximum Gasteiger partial charge on any atom is 0.335 e. The maximum absolute atomic E-state index is 12.3. The highest BCUT2D eigenvalue weighted by atomic mass is 79.9. The minimum absolute atomic E-state index is 0.145. The minimum Gasteiger partial charge on any atom is -0.478 e. The molecule has 0 bridgehead atoms. The van der Waals surface area contributed by atoms with Crippen LogP contribution in [0, 0.1) is 5.92 Å². The molecule has 5 nitrogen and oxygen atoms in total. The largest absolute Gasteiger partial charge is 0.478 e. The van der Waals surface area contributed by atoms with Crippen LogP contribution in [0.3, 0.4) is 0 Å². The minimum atomic E-state index is -0.992. The van der Waals surface area contributed by atoms with E-state index in [1.807, 2.05) is 6.92 Å². The molecule has 6 heteroatoms. The topological polar surface area (TPSA) is 69.6 Å². The zero-order chi connectivity index (χ0) is 15.4. The van der Waals surface area contributed by atoms with Crippen LogP contribution in [0.1, 0.15) is 36.5 Å². The van der Waals surface area contributed by atoms with E-state index in [2.05, 4.69) is 21.2 Å². The van der Waals surface area contributed by atoms with Crippen molar-refractivity contribution in [2.75, 3.05) is 18.4 Å². The maximum atomic E-state index is 12.3. The molecular formula is C15H19BrN2O3. The van der Waals surface area contributed by atoms with Crippen LogP contribution in [0.25, 0.3) is 0 Å². The molecule has 1 aliphatic carbocycles. The third kappa shape index (κ3) is 3.97. The second-order valence-electron chi connectivity index (χ2n) is 5.27. The number of anilines is 1. The fraction of sp³-hybridized carbons (Fsp3) is 0.467. The van der Waals surface area contributed by atoms with Crippen molar-refractivity contribution in [2.24, 2.45) is 5.92 Å². The normalized spacial score (nSPS) is 14.4. The van der Waals surface area contributed by atoms with Crippen LogP contribution >= 0.6 is 15.9 Å². The van der Waals surface area contributed by atoms with Crippen LogP contribution in [0.15, 0.2) is 22.7 Å². The number of halogens is 1. The van der Waals surface area contributed by atoms with E-state index in [0.29, 0.717) is 22.6 Å². The van der Waals surface area contributed by atoms with Crippen LogP contribution in [-0.4, -0.2) is 35.1 Å². The van der Waals surface area contributed by atoms with E-state index >= 15 is 0 Å². The number of carboxylic acids is 1. The zero-order valence-corrected chi connectivity index (χ0v) is 13.5. The Morgan fingerprint density at radius 3 is 2.62 bits per heavy atom. The Morgan fingerprint density at radius 2 is 2.14 bits per heavy atom. The summed E-state index contributed by atoms with van der Waals surface area (Å²) in [6.45, 7) is 3.40. The molecule has 1 saturated carbocycles. The summed E-state index contributed by atoms with van der Waals surface area (Å²) < 4.78 is 0.565. The van der Waals surface area contributed by atoms with Gasteiger partial charge in [-0.3, -0.25) is 0 Å². The Labute approximate surface area is 132 Å². The summed E-state index contributed by atoms with van der Waals surface area (Å²) in [5.41, 5.74) is 0.763. The lowest BCUT2D eigenvalue weighted by molar-refractivity contribution is 0.0697. The number of carboxylic acid groups (broad SMARTS) is 1. The molecule has 0 heterocycles. The molecule has 1 fully saturated rings. The number of hydrogen-bond donors (Lipinski definition) is 2. The lowest BCUT2D eigenvalue weighted by Gasteiger charge is -2.31. The first-order valence-electron chi connectivity index (χ1n) is 7.10. The highest BCUT2D eigenvalue weighted by molar-refractivity contribution is 9.10. The molecule has 1 aliphatic rings. The van der Waals surface area contributed by atoms with Gasteiger partial charge in [0, 0.05) is 17.6 Å². The zero-order valence-electron chi connectivity index (χ0n) is 11.9. The molecule has 2 rings (SSSR count). The van der Waals surface area contributed by atoms with Gasteiger partial charge in [0.25, 0.3) is 0 Å². The molecule has 0 aromatic heterocycles. The Morgan fingerprint density at radius 1 is 1.43 bits per heavy atom. The highest BCUT2D eigenvalue weighted by Gasteiger charge is 2.23. The molecular weight excluding hydrogens is 336 g/mol. The van der Waals surface area contributed by atoms with Crippen molar-refractivity contribution in [3.8, 4) is 0 Å². The van der Waals surface area contributed by atoms with Crippen molar-refractivity contribution in [1.29, 1.82) is 0 Å². The SMILES string of the molecule is CCN(CC1CCC1)C(=O)Nc1ccc(C(=O)O)cc1Br. The van der Waals surface area contributed by atoms with Gasteiger partial charge in [-0.15, -0.1) is 0 Å². The molecule has 1 aromatic carbocycles. The van der Waals surface area contributed by atoms with Gasteiger partial charge in [-0.1, -0.05) is 6.42 Å². The van der Waals surface area contributed by atoms with Crippen molar-refractivity contribution in [3.63, 3.8) is 0 Å². The standard InChI is InChI=1S/C15H19BrN2O3/c1-2-18(9-10-4-3-5-10)15(21)17-13-7-6-11(14(19)20)8-12(13)16/h6-8,10H,2-5,9H2,1H3,(H,17,21)(H,19,20). The number of amides is 2. The molecule has 0 spiro atoms. The first kappa shape index (κ1) is 15.8. The number of aromatic carboxylic acids is 1. The molecule has 0 atom stereocenters. The van der Waals surface area contributed by atoms with Crippen LogP contribution in [0.4, 0.5) is 10.5 Å². The first-order chi connectivity index (χ1) is 10.0. The van der Waals surface area contributed by atoms with Gasteiger partial charge < -0.3 is 15.3 Å². The number of nitrogens with zero attached hydrogens (tertiary/aromatic N) is 1. The van der Waals surface area contributed by atoms with Gasteiger partial charge in [0.2, 0.25) is 0 Å². The summed E-state index contributed by atoms with van der Waals surface area (Å²) in [4.78, 5) is 24.9. The Bertz CT molecular complexity index is 544. The molecule has 0 unspecified atom stereocenters. The number of urea groups is 1. The fourth-order valence-electron chi connectivity index (χ4n) is 2.29. The van der Waals surface area contributed by atoms with Crippen molar-refractivity contribution in [1.82, 2.24) is 4.90 Å². The van der Waals surface area contributed by atoms with Gasteiger partial charge in [0.05, 0.1) is 11.3 Å². The summed E-state index contributed by atoms with van der Waals surface area (Å²) in [7, 11) is 0. The van der Waals surface area contributed by atoms with Crippen LogP contribution < -0.4 is 5.32 Å². The summed E-state index contributed by atoms with van der Waals surface area (Å²) in [6, 6.07) is 4.42. The molecule has 0 aliphatic heterocycles. The van der Waals surface area contributed by atoms with Gasteiger partial charge in [-0.2, -0.15) is 0 Å². The Balaban J connectivity index is 2.01. The monoisotopic (exact) mass is 354 g/mol. The van der Waals surface area contributed by atoms with E-state index in [9.17, 15) is 9.59 Å². The number of carbonyl (C=O) groups is 2. The fourth-order valence-corrected chi connectivity index (χ4v) is 2.76. The molecule has 2 N–H and O–H groups in total. The molecule has 114 valence electrons. The quantitative estimate of drug-likeness (QED) is 0.844. The highest BCUT2D eigenvalue weighted by Crippen LogP contribution is 2.28. The predicted molar refractivity (Wildman–Crippen MR) is 84.7 cm³/mol. The second-order valence-corrected chi connectivity index (χ2v) is 6.12. The van der Waals surface area contributed by atoms with Crippen molar-refractivity contribution in [3.05, 3.63) is 28.2 Å². The van der Waals surface area contributed by atoms with Gasteiger partial charge in [0.1, 0.15) is 0 Å². The Kier molecular flexibility index (Phi) is 5.22. The van der Waals surface area contributed by atoms with E-state index in [0.717, 1.165) is 6.54 Å². The molecule has 1 aromatic rings. The average Bonchev–Trinajstić information content (AvgIpc) is 2.39. The average molecular weight is 355 g/mol. The summed E-state index contributed by atoms with van der Waals surface area (Å²) in [6.07, 6.45) is 3.65. The molecule has 2 amide bonds. The third-order valence-electron chi connectivity index (χ3n) is 3.83. The molecule has 0 saturated heterocycles. The third-order valence-corrected chi connectivity index (χ3v) is 4.49. The molecule has 0 radical (unpaired) electrons. The lowest BCUT2D eigenvalue weighted by Crippen LogP contribution is -2.39. The van der Waals surface area contributed by atoms with Crippen molar-refractivity contribution in [2.45, 2.75) is 26.2 Å². The molecule has 21 heavy (non-hydrogen) atoms. The number of carbonyl (C=O) groups excluding carboxylic acids is 1. The number of rotatable bonds is 5.